The molecule has 3 heterocycles. The number of hydrogen-bond acceptors (Lipinski definition) is 5. The molecule has 1 unspecified atom stereocenters. The third-order valence-corrected chi connectivity index (χ3v) is 6.01. The van der Waals surface area contributed by atoms with Gasteiger partial charge in [-0.05, 0) is 44.0 Å². The van der Waals surface area contributed by atoms with Crippen LogP contribution in [0.2, 0.25) is 5.28 Å². The van der Waals surface area contributed by atoms with Gasteiger partial charge in [0.15, 0.2) is 0 Å². The number of halogens is 1. The van der Waals surface area contributed by atoms with Crippen molar-refractivity contribution in [2.75, 3.05) is 26.2 Å². The van der Waals surface area contributed by atoms with Crippen LogP contribution in [-0.4, -0.2) is 59.8 Å². The standard InChI is InChI=1S/C12H17ClN4O2S/c13-12-14-7-11(8-15-12)20(18,19)17-6-2-5-16-4-1-3-10(16)9-17/h7-8,10H,1-6,9H2. The first-order valence-electron chi connectivity index (χ1n) is 6.79. The molecule has 1 aromatic rings. The van der Waals surface area contributed by atoms with Gasteiger partial charge >= 0.3 is 0 Å². The van der Waals surface area contributed by atoms with Crippen molar-refractivity contribution in [1.82, 2.24) is 19.2 Å². The van der Waals surface area contributed by atoms with Crippen molar-refractivity contribution in [3.63, 3.8) is 0 Å². The zero-order valence-electron chi connectivity index (χ0n) is 11.1. The minimum atomic E-state index is -3.52. The number of sulfonamides is 1. The number of fused-ring (bicyclic) bond motifs is 1. The highest BCUT2D eigenvalue weighted by molar-refractivity contribution is 7.89. The Kier molecular flexibility index (Phi) is 3.94. The van der Waals surface area contributed by atoms with Gasteiger partial charge in [-0.15, -0.1) is 0 Å². The fourth-order valence-corrected chi connectivity index (χ4v) is 4.48. The van der Waals surface area contributed by atoms with Crippen LogP contribution in [0.15, 0.2) is 17.3 Å². The molecule has 110 valence electrons. The van der Waals surface area contributed by atoms with E-state index in [0.29, 0.717) is 19.1 Å². The monoisotopic (exact) mass is 316 g/mol. The first-order chi connectivity index (χ1) is 9.57. The molecular formula is C12H17ClN4O2S. The molecule has 0 aromatic carbocycles. The third kappa shape index (κ3) is 2.67. The molecule has 0 radical (unpaired) electrons. The van der Waals surface area contributed by atoms with Gasteiger partial charge in [-0.2, -0.15) is 4.31 Å². The smallest absolute Gasteiger partial charge is 0.246 e. The zero-order valence-corrected chi connectivity index (χ0v) is 12.6. The van der Waals surface area contributed by atoms with E-state index in [1.165, 1.54) is 12.4 Å². The summed E-state index contributed by atoms with van der Waals surface area (Å²) in [7, 11) is -3.52. The molecular weight excluding hydrogens is 300 g/mol. The summed E-state index contributed by atoms with van der Waals surface area (Å²) in [6.07, 6.45) is 5.65. The van der Waals surface area contributed by atoms with Crippen molar-refractivity contribution < 1.29 is 8.42 Å². The van der Waals surface area contributed by atoms with Gasteiger partial charge in [0.25, 0.3) is 0 Å². The Bertz CT molecular complexity index is 578. The maximum absolute atomic E-state index is 12.6. The van der Waals surface area contributed by atoms with E-state index >= 15 is 0 Å². The largest absolute Gasteiger partial charge is 0.299 e. The maximum Gasteiger partial charge on any atom is 0.246 e. The van der Waals surface area contributed by atoms with Gasteiger partial charge in [0.05, 0.1) is 12.4 Å². The van der Waals surface area contributed by atoms with E-state index < -0.39 is 10.0 Å². The Morgan fingerprint density at radius 3 is 2.60 bits per heavy atom. The molecule has 0 spiro atoms. The van der Waals surface area contributed by atoms with E-state index in [9.17, 15) is 8.42 Å². The molecule has 0 saturated carbocycles. The van der Waals surface area contributed by atoms with Crippen LogP contribution < -0.4 is 0 Å². The van der Waals surface area contributed by atoms with Crippen LogP contribution in [-0.2, 0) is 10.0 Å². The summed E-state index contributed by atoms with van der Waals surface area (Å²) >= 11 is 5.61. The molecule has 2 aliphatic heterocycles. The third-order valence-electron chi connectivity index (χ3n) is 4.00. The Labute approximate surface area is 123 Å². The van der Waals surface area contributed by atoms with Crippen LogP contribution in [0.4, 0.5) is 0 Å². The average molecular weight is 317 g/mol. The minimum absolute atomic E-state index is 0.0572. The van der Waals surface area contributed by atoms with Crippen molar-refractivity contribution in [2.24, 2.45) is 0 Å². The Morgan fingerprint density at radius 2 is 1.85 bits per heavy atom. The summed E-state index contributed by atoms with van der Waals surface area (Å²) in [4.78, 5) is 10.1. The highest BCUT2D eigenvalue weighted by Crippen LogP contribution is 2.25. The van der Waals surface area contributed by atoms with Gasteiger partial charge < -0.3 is 0 Å². The Balaban J connectivity index is 1.84. The summed E-state index contributed by atoms with van der Waals surface area (Å²) in [5, 5.41) is 0.0572. The fourth-order valence-electron chi connectivity index (χ4n) is 2.97. The van der Waals surface area contributed by atoms with Crippen molar-refractivity contribution in [3.8, 4) is 0 Å². The fraction of sp³-hybridized carbons (Fsp3) is 0.667. The predicted molar refractivity (Wildman–Crippen MR) is 75.0 cm³/mol. The highest BCUT2D eigenvalue weighted by Gasteiger charge is 2.34. The molecule has 2 saturated heterocycles. The molecule has 0 N–H and O–H groups in total. The lowest BCUT2D eigenvalue weighted by Crippen LogP contribution is -2.39. The zero-order chi connectivity index (χ0) is 14.2. The molecule has 3 rings (SSSR count). The van der Waals surface area contributed by atoms with Crippen molar-refractivity contribution in [2.45, 2.75) is 30.2 Å². The summed E-state index contributed by atoms with van der Waals surface area (Å²) < 4.78 is 26.8. The number of aromatic nitrogens is 2. The van der Waals surface area contributed by atoms with Crippen LogP contribution in [0.25, 0.3) is 0 Å². The van der Waals surface area contributed by atoms with Crippen molar-refractivity contribution >= 4 is 21.6 Å². The highest BCUT2D eigenvalue weighted by atomic mass is 35.5. The van der Waals surface area contributed by atoms with Gasteiger partial charge in [-0.25, -0.2) is 18.4 Å². The molecule has 0 bridgehead atoms. The van der Waals surface area contributed by atoms with E-state index in [1.807, 2.05) is 0 Å². The average Bonchev–Trinajstić information content (AvgIpc) is 2.76. The number of rotatable bonds is 2. The second-order valence-electron chi connectivity index (χ2n) is 5.24. The molecule has 0 aliphatic carbocycles. The summed E-state index contributed by atoms with van der Waals surface area (Å²) in [5.41, 5.74) is 0. The molecule has 0 amide bonds. The van der Waals surface area contributed by atoms with E-state index in [-0.39, 0.29) is 10.2 Å². The second-order valence-corrected chi connectivity index (χ2v) is 7.51. The number of hydrogen-bond donors (Lipinski definition) is 0. The van der Waals surface area contributed by atoms with Crippen LogP contribution >= 0.6 is 11.6 Å². The van der Waals surface area contributed by atoms with Crippen molar-refractivity contribution in [3.05, 3.63) is 17.7 Å². The van der Waals surface area contributed by atoms with E-state index in [0.717, 1.165) is 32.4 Å². The lowest BCUT2D eigenvalue weighted by Gasteiger charge is -2.25. The molecule has 6 nitrogen and oxygen atoms in total. The van der Waals surface area contributed by atoms with E-state index in [1.54, 1.807) is 4.31 Å². The molecule has 2 fully saturated rings. The topological polar surface area (TPSA) is 66.4 Å². The van der Waals surface area contributed by atoms with Gasteiger partial charge in [0.2, 0.25) is 15.3 Å². The molecule has 2 aliphatic rings. The molecule has 1 atom stereocenters. The van der Waals surface area contributed by atoms with E-state index in [2.05, 4.69) is 14.9 Å². The summed E-state index contributed by atoms with van der Waals surface area (Å²) in [6, 6.07) is 0.348. The molecule has 8 heteroatoms. The lowest BCUT2D eigenvalue weighted by atomic mass is 10.2. The van der Waals surface area contributed by atoms with E-state index in [4.69, 9.17) is 11.6 Å². The first kappa shape index (κ1) is 14.2. The Hall–Kier alpha value is -0.760. The van der Waals surface area contributed by atoms with Gasteiger partial charge in [-0.3, -0.25) is 4.90 Å². The maximum atomic E-state index is 12.6. The quantitative estimate of drug-likeness (QED) is 0.761. The normalized spacial score (nSPS) is 25.4. The summed E-state index contributed by atoms with van der Waals surface area (Å²) in [6.45, 7) is 3.18. The second kappa shape index (κ2) is 5.55. The van der Waals surface area contributed by atoms with Gasteiger partial charge in [0, 0.05) is 19.1 Å². The van der Waals surface area contributed by atoms with Gasteiger partial charge in [-0.1, -0.05) is 0 Å². The first-order valence-corrected chi connectivity index (χ1v) is 8.61. The van der Waals surface area contributed by atoms with Crippen LogP contribution in [0.1, 0.15) is 19.3 Å². The van der Waals surface area contributed by atoms with Crippen molar-refractivity contribution in [1.29, 1.82) is 0 Å². The van der Waals surface area contributed by atoms with Crippen LogP contribution in [0.3, 0.4) is 0 Å². The molecule has 20 heavy (non-hydrogen) atoms. The lowest BCUT2D eigenvalue weighted by molar-refractivity contribution is 0.257. The van der Waals surface area contributed by atoms with Crippen LogP contribution in [0.5, 0.6) is 0 Å². The SMILES string of the molecule is O=S(=O)(c1cnc(Cl)nc1)N1CCCN2CCCC2C1. The summed E-state index contributed by atoms with van der Waals surface area (Å²) in [5.74, 6) is 0. The van der Waals surface area contributed by atoms with Gasteiger partial charge in [0.1, 0.15) is 4.90 Å². The number of nitrogens with zero attached hydrogens (tertiary/aromatic N) is 4. The van der Waals surface area contributed by atoms with Crippen LogP contribution in [0, 0.1) is 0 Å². The molecule has 1 aromatic heterocycles. The minimum Gasteiger partial charge on any atom is -0.299 e. The predicted octanol–water partition coefficient (Wildman–Crippen LogP) is 0.989. The Morgan fingerprint density at radius 1 is 1.15 bits per heavy atom.